The summed E-state index contributed by atoms with van der Waals surface area (Å²) in [4.78, 5) is 6.57. The van der Waals surface area contributed by atoms with Crippen molar-refractivity contribution in [1.29, 1.82) is 0 Å². The molecule has 1 fully saturated rings. The van der Waals surface area contributed by atoms with Crippen LogP contribution >= 0.6 is 0 Å². The summed E-state index contributed by atoms with van der Waals surface area (Å²) < 4.78 is 5.66. The summed E-state index contributed by atoms with van der Waals surface area (Å²) >= 11 is 0. The summed E-state index contributed by atoms with van der Waals surface area (Å²) in [5.41, 5.74) is 1.20. The van der Waals surface area contributed by atoms with Crippen LogP contribution in [0, 0.1) is 0 Å². The van der Waals surface area contributed by atoms with E-state index in [-0.39, 0.29) is 0 Å². The SMILES string of the molecule is CNCc1ccnc(OCCN(C)C2CC2)c1. The molecule has 1 heterocycles. The van der Waals surface area contributed by atoms with Crippen molar-refractivity contribution in [2.75, 3.05) is 27.2 Å². The van der Waals surface area contributed by atoms with Crippen LogP contribution in [0.3, 0.4) is 0 Å². The van der Waals surface area contributed by atoms with Crippen LogP contribution in [-0.2, 0) is 6.54 Å². The van der Waals surface area contributed by atoms with E-state index in [0.717, 1.165) is 25.0 Å². The maximum Gasteiger partial charge on any atom is 0.213 e. The highest BCUT2D eigenvalue weighted by Gasteiger charge is 2.25. The van der Waals surface area contributed by atoms with Gasteiger partial charge in [-0.15, -0.1) is 0 Å². The van der Waals surface area contributed by atoms with Crippen LogP contribution in [0.1, 0.15) is 18.4 Å². The summed E-state index contributed by atoms with van der Waals surface area (Å²) in [6.07, 6.45) is 4.48. The van der Waals surface area contributed by atoms with Gasteiger partial charge in [-0.05, 0) is 38.6 Å². The van der Waals surface area contributed by atoms with E-state index in [9.17, 15) is 0 Å². The number of ether oxygens (including phenoxy) is 1. The van der Waals surface area contributed by atoms with E-state index >= 15 is 0 Å². The Hall–Kier alpha value is -1.13. The smallest absolute Gasteiger partial charge is 0.213 e. The third-order valence-electron chi connectivity index (χ3n) is 3.04. The highest BCUT2D eigenvalue weighted by Crippen LogP contribution is 2.24. The van der Waals surface area contributed by atoms with E-state index in [0.29, 0.717) is 6.61 Å². The first kappa shape index (κ1) is 12.3. The topological polar surface area (TPSA) is 37.4 Å². The predicted molar refractivity (Wildman–Crippen MR) is 68.1 cm³/mol. The van der Waals surface area contributed by atoms with Gasteiger partial charge in [0, 0.05) is 31.4 Å². The minimum Gasteiger partial charge on any atom is -0.476 e. The molecule has 2 rings (SSSR count). The van der Waals surface area contributed by atoms with Gasteiger partial charge in [-0.25, -0.2) is 4.98 Å². The molecule has 1 N–H and O–H groups in total. The molecule has 0 bridgehead atoms. The van der Waals surface area contributed by atoms with E-state index in [2.05, 4.69) is 22.2 Å². The zero-order chi connectivity index (χ0) is 12.1. The molecule has 0 atom stereocenters. The molecule has 0 saturated heterocycles. The fourth-order valence-corrected chi connectivity index (χ4v) is 1.84. The number of hydrogen-bond acceptors (Lipinski definition) is 4. The molecule has 0 amide bonds. The minimum absolute atomic E-state index is 0.711. The maximum atomic E-state index is 5.66. The van der Waals surface area contributed by atoms with Gasteiger partial charge in [-0.3, -0.25) is 0 Å². The third kappa shape index (κ3) is 3.98. The molecule has 17 heavy (non-hydrogen) atoms. The van der Waals surface area contributed by atoms with Crippen LogP contribution in [0.4, 0.5) is 0 Å². The summed E-state index contributed by atoms with van der Waals surface area (Å²) in [6, 6.07) is 4.79. The molecule has 1 aromatic heterocycles. The van der Waals surface area contributed by atoms with Gasteiger partial charge >= 0.3 is 0 Å². The van der Waals surface area contributed by atoms with Gasteiger partial charge in [-0.2, -0.15) is 0 Å². The Morgan fingerprint density at radius 1 is 1.53 bits per heavy atom. The highest BCUT2D eigenvalue weighted by atomic mass is 16.5. The van der Waals surface area contributed by atoms with E-state index in [1.807, 2.05) is 19.2 Å². The van der Waals surface area contributed by atoms with Crippen molar-refractivity contribution < 1.29 is 4.74 Å². The summed E-state index contributed by atoms with van der Waals surface area (Å²) in [7, 11) is 4.09. The molecular formula is C13H21N3O. The van der Waals surface area contributed by atoms with E-state index in [1.54, 1.807) is 6.20 Å². The molecule has 0 aliphatic heterocycles. The van der Waals surface area contributed by atoms with Crippen molar-refractivity contribution in [2.45, 2.75) is 25.4 Å². The molecular weight excluding hydrogens is 214 g/mol. The van der Waals surface area contributed by atoms with E-state index in [1.165, 1.54) is 18.4 Å². The molecule has 0 spiro atoms. The summed E-state index contributed by atoms with van der Waals surface area (Å²) in [5, 5.41) is 3.12. The van der Waals surface area contributed by atoms with Crippen molar-refractivity contribution in [3.63, 3.8) is 0 Å². The van der Waals surface area contributed by atoms with Gasteiger partial charge in [0.15, 0.2) is 0 Å². The molecule has 0 aromatic carbocycles. The van der Waals surface area contributed by atoms with Crippen LogP contribution in [0.25, 0.3) is 0 Å². The van der Waals surface area contributed by atoms with Gasteiger partial charge < -0.3 is 15.0 Å². The molecule has 1 saturated carbocycles. The van der Waals surface area contributed by atoms with Crippen LogP contribution in [0.2, 0.25) is 0 Å². The quantitative estimate of drug-likeness (QED) is 0.772. The molecule has 0 unspecified atom stereocenters. The largest absolute Gasteiger partial charge is 0.476 e. The first-order chi connectivity index (χ1) is 8.29. The molecule has 4 nitrogen and oxygen atoms in total. The molecule has 1 aliphatic rings. The molecule has 94 valence electrons. The van der Waals surface area contributed by atoms with Crippen molar-refractivity contribution in [2.24, 2.45) is 0 Å². The number of likely N-dealkylation sites (N-methyl/N-ethyl adjacent to an activating group) is 1. The average Bonchev–Trinajstić information content (AvgIpc) is 3.14. The first-order valence-electron chi connectivity index (χ1n) is 6.22. The Morgan fingerprint density at radius 3 is 3.06 bits per heavy atom. The second-order valence-electron chi connectivity index (χ2n) is 4.59. The zero-order valence-corrected chi connectivity index (χ0v) is 10.6. The Labute approximate surface area is 103 Å². The van der Waals surface area contributed by atoms with E-state index in [4.69, 9.17) is 4.74 Å². The zero-order valence-electron chi connectivity index (χ0n) is 10.6. The summed E-state index contributed by atoms with van der Waals surface area (Å²) in [6.45, 7) is 2.53. The van der Waals surface area contributed by atoms with Gasteiger partial charge in [-0.1, -0.05) is 0 Å². The van der Waals surface area contributed by atoms with Crippen molar-refractivity contribution in [3.8, 4) is 5.88 Å². The lowest BCUT2D eigenvalue weighted by Gasteiger charge is -2.15. The van der Waals surface area contributed by atoms with Crippen LogP contribution in [0.15, 0.2) is 18.3 Å². The lowest BCUT2D eigenvalue weighted by molar-refractivity contribution is 0.226. The monoisotopic (exact) mass is 235 g/mol. The molecule has 0 radical (unpaired) electrons. The average molecular weight is 235 g/mol. The Kier molecular flexibility index (Phi) is 4.34. The first-order valence-corrected chi connectivity index (χ1v) is 6.22. The predicted octanol–water partition coefficient (Wildman–Crippen LogP) is 1.27. The molecule has 1 aromatic rings. The third-order valence-corrected chi connectivity index (χ3v) is 3.04. The van der Waals surface area contributed by atoms with Crippen LogP contribution < -0.4 is 10.1 Å². The lowest BCUT2D eigenvalue weighted by atomic mass is 10.3. The normalized spacial score (nSPS) is 15.2. The Bertz CT molecular complexity index is 352. The van der Waals surface area contributed by atoms with Crippen molar-refractivity contribution in [3.05, 3.63) is 23.9 Å². The van der Waals surface area contributed by atoms with Gasteiger partial charge in [0.05, 0.1) is 0 Å². The number of pyridine rings is 1. The number of rotatable bonds is 7. The van der Waals surface area contributed by atoms with Gasteiger partial charge in [0.2, 0.25) is 5.88 Å². The van der Waals surface area contributed by atoms with Crippen LogP contribution in [-0.4, -0.2) is 43.2 Å². The number of aromatic nitrogens is 1. The fourth-order valence-electron chi connectivity index (χ4n) is 1.84. The standard InChI is InChI=1S/C13H21N3O/c1-14-10-11-5-6-15-13(9-11)17-8-7-16(2)12-3-4-12/h5-6,9,12,14H,3-4,7-8,10H2,1-2H3. The Morgan fingerprint density at radius 2 is 2.35 bits per heavy atom. The fraction of sp³-hybridized carbons (Fsp3) is 0.615. The number of hydrogen-bond donors (Lipinski definition) is 1. The maximum absolute atomic E-state index is 5.66. The Balaban J connectivity index is 1.75. The molecule has 1 aliphatic carbocycles. The van der Waals surface area contributed by atoms with Gasteiger partial charge in [0.1, 0.15) is 6.61 Å². The minimum atomic E-state index is 0.711. The van der Waals surface area contributed by atoms with Crippen molar-refractivity contribution >= 4 is 0 Å². The second-order valence-corrected chi connectivity index (χ2v) is 4.59. The molecule has 4 heteroatoms. The second kappa shape index (κ2) is 5.98. The lowest BCUT2D eigenvalue weighted by Crippen LogP contribution is -2.26. The highest BCUT2D eigenvalue weighted by molar-refractivity contribution is 5.20. The number of nitrogens with one attached hydrogen (secondary N) is 1. The number of nitrogens with zero attached hydrogens (tertiary/aromatic N) is 2. The van der Waals surface area contributed by atoms with E-state index < -0.39 is 0 Å². The summed E-state index contributed by atoms with van der Waals surface area (Å²) in [5.74, 6) is 0.724. The van der Waals surface area contributed by atoms with Crippen LogP contribution in [0.5, 0.6) is 5.88 Å². The van der Waals surface area contributed by atoms with Crippen molar-refractivity contribution in [1.82, 2.24) is 15.2 Å². The van der Waals surface area contributed by atoms with Gasteiger partial charge in [0.25, 0.3) is 0 Å².